The summed E-state index contributed by atoms with van der Waals surface area (Å²) < 4.78 is 0. The first kappa shape index (κ1) is 15.9. The zero-order valence-corrected chi connectivity index (χ0v) is 14.9. The number of thiazole rings is 1. The summed E-state index contributed by atoms with van der Waals surface area (Å²) in [6, 6.07) is 0.136. The van der Waals surface area contributed by atoms with Crippen LogP contribution in [0.2, 0.25) is 0 Å². The molecular formula is C17H24N4O2S. The maximum absolute atomic E-state index is 12.4. The summed E-state index contributed by atoms with van der Waals surface area (Å²) in [4.78, 5) is 31.0. The highest BCUT2D eigenvalue weighted by molar-refractivity contribution is 7.09. The van der Waals surface area contributed by atoms with Gasteiger partial charge in [-0.3, -0.25) is 4.79 Å². The Morgan fingerprint density at radius 2 is 2.21 bits per heavy atom. The maximum atomic E-state index is 12.4. The van der Waals surface area contributed by atoms with Gasteiger partial charge in [-0.05, 0) is 38.0 Å². The molecule has 0 spiro atoms. The van der Waals surface area contributed by atoms with Crippen LogP contribution in [-0.4, -0.2) is 40.5 Å². The fourth-order valence-corrected chi connectivity index (χ4v) is 4.52. The number of amides is 3. The first-order valence-corrected chi connectivity index (χ1v) is 9.67. The van der Waals surface area contributed by atoms with Gasteiger partial charge in [0.1, 0.15) is 5.01 Å². The fraction of sp³-hybridized carbons (Fsp3) is 0.706. The number of hydrogen-bond acceptors (Lipinski definition) is 4. The lowest BCUT2D eigenvalue weighted by Gasteiger charge is -2.20. The SMILES string of the molecule is Cc1csc([C@H](NC(=O)N[C@@H]2CC(=O)N([C@H]3C[C@@H]3C)C2)C2CC2)n1. The van der Waals surface area contributed by atoms with Crippen LogP contribution in [0.25, 0.3) is 0 Å². The Kier molecular flexibility index (Phi) is 3.98. The number of urea groups is 1. The number of nitrogens with zero attached hydrogens (tertiary/aromatic N) is 2. The van der Waals surface area contributed by atoms with Crippen LogP contribution < -0.4 is 10.6 Å². The maximum Gasteiger partial charge on any atom is 0.315 e. The van der Waals surface area contributed by atoms with E-state index in [0.717, 1.165) is 30.0 Å². The van der Waals surface area contributed by atoms with Crippen molar-refractivity contribution in [2.24, 2.45) is 11.8 Å². The van der Waals surface area contributed by atoms with Crippen molar-refractivity contribution in [1.82, 2.24) is 20.5 Å². The molecule has 24 heavy (non-hydrogen) atoms. The van der Waals surface area contributed by atoms with Crippen LogP contribution in [-0.2, 0) is 4.79 Å². The van der Waals surface area contributed by atoms with E-state index >= 15 is 0 Å². The van der Waals surface area contributed by atoms with Crippen molar-refractivity contribution in [1.29, 1.82) is 0 Å². The number of aromatic nitrogens is 1. The molecule has 3 aliphatic rings. The van der Waals surface area contributed by atoms with Crippen LogP contribution in [0.4, 0.5) is 4.79 Å². The van der Waals surface area contributed by atoms with E-state index in [1.165, 1.54) is 0 Å². The molecule has 0 bridgehead atoms. The van der Waals surface area contributed by atoms with E-state index in [4.69, 9.17) is 0 Å². The molecule has 3 amide bonds. The van der Waals surface area contributed by atoms with E-state index in [1.54, 1.807) is 11.3 Å². The number of hydrogen-bond donors (Lipinski definition) is 2. The van der Waals surface area contributed by atoms with E-state index in [0.29, 0.717) is 30.8 Å². The lowest BCUT2D eigenvalue weighted by molar-refractivity contribution is -0.128. The monoisotopic (exact) mass is 348 g/mol. The number of nitrogens with one attached hydrogen (secondary N) is 2. The Bertz CT molecular complexity index is 657. The highest BCUT2D eigenvalue weighted by Gasteiger charge is 2.45. The Morgan fingerprint density at radius 3 is 2.79 bits per heavy atom. The molecule has 2 heterocycles. The molecule has 0 unspecified atom stereocenters. The third-order valence-electron chi connectivity index (χ3n) is 5.24. The molecular weight excluding hydrogens is 324 g/mol. The molecule has 2 saturated carbocycles. The standard InChI is InChI=1S/C17H24N4O2S/c1-9-5-13(9)21-7-12(6-14(21)22)19-17(23)20-15(11-3-4-11)16-18-10(2)8-24-16/h8-9,11-13,15H,3-7H2,1-2H3,(H2,19,20,23)/t9-,12+,13-,15+/m0/s1. The molecule has 4 atom stereocenters. The number of rotatable bonds is 5. The molecule has 4 rings (SSSR count). The number of carbonyl (C=O) groups is 2. The van der Waals surface area contributed by atoms with Gasteiger partial charge in [-0.25, -0.2) is 9.78 Å². The van der Waals surface area contributed by atoms with Gasteiger partial charge in [-0.2, -0.15) is 0 Å². The van der Waals surface area contributed by atoms with Crippen LogP contribution in [0, 0.1) is 18.8 Å². The van der Waals surface area contributed by atoms with Gasteiger partial charge in [0.15, 0.2) is 0 Å². The van der Waals surface area contributed by atoms with Crippen molar-refractivity contribution < 1.29 is 9.59 Å². The highest BCUT2D eigenvalue weighted by atomic mass is 32.1. The Balaban J connectivity index is 1.33. The van der Waals surface area contributed by atoms with Gasteiger partial charge in [0.25, 0.3) is 0 Å². The summed E-state index contributed by atoms with van der Waals surface area (Å²) in [6.07, 6.45) is 3.79. The van der Waals surface area contributed by atoms with Crippen LogP contribution in [0.15, 0.2) is 5.38 Å². The quantitative estimate of drug-likeness (QED) is 0.857. The van der Waals surface area contributed by atoms with Crippen LogP contribution >= 0.6 is 11.3 Å². The molecule has 0 radical (unpaired) electrons. The van der Waals surface area contributed by atoms with Gasteiger partial charge < -0.3 is 15.5 Å². The Hall–Kier alpha value is -1.63. The van der Waals surface area contributed by atoms with Crippen molar-refractivity contribution >= 4 is 23.3 Å². The molecule has 2 N–H and O–H groups in total. The van der Waals surface area contributed by atoms with Gasteiger partial charge in [-0.15, -0.1) is 11.3 Å². The zero-order valence-electron chi connectivity index (χ0n) is 14.1. The third-order valence-corrected chi connectivity index (χ3v) is 6.29. The first-order chi connectivity index (χ1) is 11.5. The molecule has 3 fully saturated rings. The van der Waals surface area contributed by atoms with Gasteiger partial charge in [-0.1, -0.05) is 6.92 Å². The lowest BCUT2D eigenvalue weighted by Crippen LogP contribution is -2.45. The predicted octanol–water partition coefficient (Wildman–Crippen LogP) is 2.21. The minimum Gasteiger partial charge on any atom is -0.337 e. The molecule has 1 aromatic heterocycles. The van der Waals surface area contributed by atoms with Crippen molar-refractivity contribution in [3.8, 4) is 0 Å². The van der Waals surface area contributed by atoms with Gasteiger partial charge >= 0.3 is 6.03 Å². The average molecular weight is 348 g/mol. The molecule has 1 aliphatic heterocycles. The third kappa shape index (κ3) is 3.27. The van der Waals surface area contributed by atoms with Gasteiger partial charge in [0, 0.05) is 30.1 Å². The molecule has 2 aliphatic carbocycles. The second-order valence-electron chi connectivity index (χ2n) is 7.49. The number of likely N-dealkylation sites (tertiary alicyclic amines) is 1. The van der Waals surface area contributed by atoms with E-state index in [2.05, 4.69) is 22.5 Å². The van der Waals surface area contributed by atoms with Crippen LogP contribution in [0.3, 0.4) is 0 Å². The summed E-state index contributed by atoms with van der Waals surface area (Å²) >= 11 is 1.61. The lowest BCUT2D eigenvalue weighted by atomic mass is 10.2. The second-order valence-corrected chi connectivity index (χ2v) is 8.38. The summed E-state index contributed by atoms with van der Waals surface area (Å²) in [5.74, 6) is 1.27. The fourth-order valence-electron chi connectivity index (χ4n) is 3.58. The van der Waals surface area contributed by atoms with E-state index in [-0.39, 0.29) is 24.0 Å². The second kappa shape index (κ2) is 6.02. The van der Waals surface area contributed by atoms with Crippen molar-refractivity contribution in [3.05, 3.63) is 16.1 Å². The van der Waals surface area contributed by atoms with E-state index in [1.807, 2.05) is 17.2 Å². The average Bonchev–Trinajstić information content (AvgIpc) is 3.41. The first-order valence-electron chi connectivity index (χ1n) is 8.80. The molecule has 1 saturated heterocycles. The minimum absolute atomic E-state index is 0.000335. The summed E-state index contributed by atoms with van der Waals surface area (Å²) in [6.45, 7) is 4.79. The molecule has 6 nitrogen and oxygen atoms in total. The Labute approximate surface area is 146 Å². The highest BCUT2D eigenvalue weighted by Crippen LogP contribution is 2.42. The largest absolute Gasteiger partial charge is 0.337 e. The molecule has 130 valence electrons. The number of aryl methyl sites for hydroxylation is 1. The molecule has 0 aromatic carbocycles. The van der Waals surface area contributed by atoms with E-state index < -0.39 is 0 Å². The zero-order chi connectivity index (χ0) is 16.8. The predicted molar refractivity (Wildman–Crippen MR) is 91.7 cm³/mol. The number of carbonyl (C=O) groups excluding carboxylic acids is 2. The molecule has 7 heteroatoms. The summed E-state index contributed by atoms with van der Waals surface area (Å²) in [5.41, 5.74) is 0.999. The van der Waals surface area contributed by atoms with E-state index in [9.17, 15) is 9.59 Å². The summed E-state index contributed by atoms with van der Waals surface area (Å²) in [5, 5.41) is 9.09. The smallest absolute Gasteiger partial charge is 0.315 e. The normalized spacial score (nSPS) is 30.3. The van der Waals surface area contributed by atoms with Crippen molar-refractivity contribution in [2.75, 3.05) is 6.54 Å². The van der Waals surface area contributed by atoms with Gasteiger partial charge in [0.05, 0.1) is 12.1 Å². The summed E-state index contributed by atoms with van der Waals surface area (Å²) in [7, 11) is 0. The minimum atomic E-state index is -0.178. The van der Waals surface area contributed by atoms with Gasteiger partial charge in [0.2, 0.25) is 5.91 Å². The molecule has 1 aromatic rings. The topological polar surface area (TPSA) is 74.3 Å². The van der Waals surface area contributed by atoms with Crippen LogP contribution in [0.1, 0.15) is 49.4 Å². The van der Waals surface area contributed by atoms with Crippen molar-refractivity contribution in [3.63, 3.8) is 0 Å². The van der Waals surface area contributed by atoms with Crippen molar-refractivity contribution in [2.45, 2.75) is 57.7 Å². The Morgan fingerprint density at radius 1 is 1.46 bits per heavy atom. The van der Waals surface area contributed by atoms with Crippen LogP contribution in [0.5, 0.6) is 0 Å².